The van der Waals surface area contributed by atoms with E-state index in [1.165, 1.54) is 0 Å². The van der Waals surface area contributed by atoms with Crippen LogP contribution in [-0.2, 0) is 28.0 Å². The molecule has 0 fully saturated rings. The Bertz CT molecular complexity index is 6.00. The maximum Gasteiger partial charge on any atom is 0 e. The Morgan fingerprint density at radius 3 is 0.750 bits per heavy atom. The first-order valence-electron chi connectivity index (χ1n) is 0. The summed E-state index contributed by atoms with van der Waals surface area (Å²) in [4.78, 5) is 0. The van der Waals surface area contributed by atoms with Crippen LogP contribution in [0.2, 0.25) is 0 Å². The molecule has 0 saturated carbocycles. The minimum Gasteiger partial charge on any atom is -2.00 e. The van der Waals surface area contributed by atoms with Gasteiger partial charge in [0.15, 0.2) is 0 Å². The monoisotopic (exact) mass is 165 g/mol. The van der Waals surface area contributed by atoms with Crippen molar-refractivity contribution in [2.24, 2.45) is 0 Å². The second kappa shape index (κ2) is 36.1. The second-order valence-electron chi connectivity index (χ2n) is 0. The van der Waals surface area contributed by atoms with Gasteiger partial charge in [-0.2, -0.15) is 0 Å². The molecule has 0 N–H and O–H groups in total. The van der Waals surface area contributed by atoms with Crippen LogP contribution in [0.5, 0.6) is 0 Å². The molecule has 1 unspecified atom stereocenters. The standard InChI is InChI=1S/AsH3.Mn.2O/h1H3;;;/q;;2*-2. The van der Waals surface area contributed by atoms with Crippen molar-refractivity contribution in [1.82, 2.24) is 0 Å². The average molecular weight is 165 g/mol. The van der Waals surface area contributed by atoms with E-state index >= 15 is 0 Å². The van der Waals surface area contributed by atoms with E-state index in [4.69, 9.17) is 0 Å². The summed E-state index contributed by atoms with van der Waals surface area (Å²) in [6.07, 6.45) is 0. The molecule has 1 radical (unpaired) electrons. The molecule has 0 spiro atoms. The molecule has 0 aliphatic heterocycles. The normalized spacial score (nSPS) is 0. The SMILES string of the molecule is [AsH3].[Mn].[O-2].[O-2]. The largest absolute Gasteiger partial charge is 2.00 e. The first-order chi connectivity index (χ1) is 0. The third-order valence-corrected chi connectivity index (χ3v) is 0. The second-order valence-corrected chi connectivity index (χ2v) is 0. The van der Waals surface area contributed by atoms with Crippen LogP contribution in [0.4, 0.5) is 0 Å². The fourth-order valence-corrected chi connectivity index (χ4v) is 0. The zero-order valence-electron chi connectivity index (χ0n) is 1.90. The molecule has 31 valence electrons. The van der Waals surface area contributed by atoms with Crippen molar-refractivity contribution in [3.63, 3.8) is 0 Å². The van der Waals surface area contributed by atoms with E-state index in [-0.39, 0.29) is 46.0 Å². The minimum absolute atomic E-state index is 0. The van der Waals surface area contributed by atoms with Gasteiger partial charge in [-0.15, -0.1) is 0 Å². The van der Waals surface area contributed by atoms with Gasteiger partial charge >= 0.3 is 18.0 Å². The van der Waals surface area contributed by atoms with E-state index in [0.717, 1.165) is 0 Å². The molecular weight excluding hydrogens is 162 g/mol. The van der Waals surface area contributed by atoms with E-state index in [1.54, 1.807) is 0 Å². The van der Waals surface area contributed by atoms with Gasteiger partial charge in [-0.3, -0.25) is 0 Å². The topological polar surface area (TPSA) is 57.0 Å². The molecular formula is H3AsMnO2-4. The number of rotatable bonds is 0. The van der Waals surface area contributed by atoms with Crippen molar-refractivity contribution < 1.29 is 28.0 Å². The van der Waals surface area contributed by atoms with Gasteiger partial charge in [0, 0.05) is 17.1 Å². The summed E-state index contributed by atoms with van der Waals surface area (Å²) < 4.78 is 0. The molecule has 0 aliphatic carbocycles. The van der Waals surface area contributed by atoms with Gasteiger partial charge in [-0.25, -0.2) is 0 Å². The summed E-state index contributed by atoms with van der Waals surface area (Å²) in [5, 5.41) is 0. The Labute approximate surface area is 46.4 Å². The Kier molecular flexibility index (Phi) is 724. The molecule has 0 heterocycles. The molecule has 0 bridgehead atoms. The number of hydrogen-bond donors (Lipinski definition) is 0. The van der Waals surface area contributed by atoms with Crippen LogP contribution in [0, 0.1) is 0 Å². The Morgan fingerprint density at radius 2 is 0.750 bits per heavy atom. The first kappa shape index (κ1) is 80.2. The van der Waals surface area contributed by atoms with Crippen LogP contribution in [0.1, 0.15) is 0 Å². The molecule has 0 amide bonds. The third-order valence-electron chi connectivity index (χ3n) is 0. The molecule has 0 rings (SSSR count). The summed E-state index contributed by atoms with van der Waals surface area (Å²) >= 11 is 0. The Hall–Kier alpha value is 0.998. The van der Waals surface area contributed by atoms with Crippen molar-refractivity contribution in [3.8, 4) is 0 Å². The van der Waals surface area contributed by atoms with Crippen LogP contribution in [0.3, 0.4) is 0 Å². The van der Waals surface area contributed by atoms with Crippen molar-refractivity contribution in [2.45, 2.75) is 0 Å². The van der Waals surface area contributed by atoms with Gasteiger partial charge in [0.25, 0.3) is 0 Å². The molecule has 0 aliphatic rings. The van der Waals surface area contributed by atoms with Crippen molar-refractivity contribution in [1.29, 1.82) is 0 Å². The van der Waals surface area contributed by atoms with Crippen molar-refractivity contribution in [2.75, 3.05) is 0 Å². The van der Waals surface area contributed by atoms with Gasteiger partial charge in [-0.05, 0) is 0 Å². The van der Waals surface area contributed by atoms with Crippen molar-refractivity contribution in [3.05, 3.63) is 0 Å². The van der Waals surface area contributed by atoms with E-state index in [0.29, 0.717) is 0 Å². The molecule has 4 heteroatoms. The summed E-state index contributed by atoms with van der Waals surface area (Å²) in [5.74, 6) is 0. The van der Waals surface area contributed by atoms with E-state index in [2.05, 4.69) is 0 Å². The van der Waals surface area contributed by atoms with Crippen LogP contribution in [0.25, 0.3) is 0 Å². The van der Waals surface area contributed by atoms with Gasteiger partial charge < -0.3 is 11.0 Å². The number of hydrogen-bond acceptors (Lipinski definition) is 0. The summed E-state index contributed by atoms with van der Waals surface area (Å²) in [5.41, 5.74) is 0. The summed E-state index contributed by atoms with van der Waals surface area (Å²) in [7, 11) is 0. The van der Waals surface area contributed by atoms with Gasteiger partial charge in [0.2, 0.25) is 0 Å². The minimum atomic E-state index is 0. The van der Waals surface area contributed by atoms with Crippen LogP contribution in [-0.4, -0.2) is 18.0 Å². The van der Waals surface area contributed by atoms with E-state index in [1.807, 2.05) is 0 Å². The van der Waals surface area contributed by atoms with Gasteiger partial charge in [-0.1, -0.05) is 0 Å². The fraction of sp³-hybridized carbons (Fsp3) is 0. The predicted octanol–water partition coefficient (Wildman–Crippen LogP) is -1.42. The summed E-state index contributed by atoms with van der Waals surface area (Å²) in [6, 6.07) is 0. The zero-order valence-corrected chi connectivity index (χ0v) is 6.05. The van der Waals surface area contributed by atoms with E-state index in [9.17, 15) is 0 Å². The maximum absolute atomic E-state index is 0. The Morgan fingerprint density at radius 1 is 0.750 bits per heavy atom. The summed E-state index contributed by atoms with van der Waals surface area (Å²) in [6.45, 7) is 0. The van der Waals surface area contributed by atoms with Crippen LogP contribution < -0.4 is 0 Å². The molecule has 0 aromatic rings. The molecule has 0 aromatic carbocycles. The first-order valence-corrected chi connectivity index (χ1v) is 0. The average Bonchev–Trinajstić information content (AvgIpc) is 0. The Balaban J connectivity index is 0. The van der Waals surface area contributed by atoms with Crippen LogP contribution >= 0.6 is 0 Å². The van der Waals surface area contributed by atoms with Crippen molar-refractivity contribution >= 4 is 18.0 Å². The van der Waals surface area contributed by atoms with Gasteiger partial charge in [0.1, 0.15) is 0 Å². The smallest absolute Gasteiger partial charge is 0 e. The molecule has 0 aromatic heterocycles. The van der Waals surface area contributed by atoms with E-state index < -0.39 is 0 Å². The maximum atomic E-state index is 0. The molecule has 1 atom stereocenters. The molecule has 0 saturated heterocycles. The van der Waals surface area contributed by atoms with Crippen LogP contribution in [0.15, 0.2) is 0 Å². The third kappa shape index (κ3) is 12.0. The quantitative estimate of drug-likeness (QED) is 0.395. The fourth-order valence-electron chi connectivity index (χ4n) is 0. The predicted molar refractivity (Wildman–Crippen MR) is 11.3 cm³/mol. The zero-order chi connectivity index (χ0) is 0. The molecule has 2 nitrogen and oxygen atoms in total. The molecule has 4 heavy (non-hydrogen) atoms. The van der Waals surface area contributed by atoms with Gasteiger partial charge in [0.05, 0.1) is 0 Å².